The van der Waals surface area contributed by atoms with Gasteiger partial charge < -0.3 is 15.7 Å². The van der Waals surface area contributed by atoms with Gasteiger partial charge >= 0.3 is 6.18 Å². The highest BCUT2D eigenvalue weighted by molar-refractivity contribution is 5.54. The fraction of sp³-hybridized carbons (Fsp3) is 0.444. The summed E-state index contributed by atoms with van der Waals surface area (Å²) in [5.41, 5.74) is -0.907. The number of H-pyrrole nitrogens is 1. The number of halogens is 3. The lowest BCUT2D eigenvalue weighted by Crippen LogP contribution is -2.57. The molecule has 0 radical (unpaired) electrons. The monoisotopic (exact) mass is 393 g/mol. The van der Waals surface area contributed by atoms with Crippen LogP contribution in [0.2, 0.25) is 0 Å². The van der Waals surface area contributed by atoms with Crippen molar-refractivity contribution in [3.63, 3.8) is 0 Å². The van der Waals surface area contributed by atoms with E-state index in [9.17, 15) is 23.5 Å². The Hall–Kier alpha value is -2.93. The van der Waals surface area contributed by atoms with E-state index in [1.165, 1.54) is 18.6 Å². The van der Waals surface area contributed by atoms with E-state index in [0.717, 1.165) is 6.07 Å². The molecule has 3 rings (SSSR count). The summed E-state index contributed by atoms with van der Waals surface area (Å²) in [5.74, 6) is 0.372. The van der Waals surface area contributed by atoms with Gasteiger partial charge in [-0.15, -0.1) is 0 Å². The van der Waals surface area contributed by atoms with E-state index in [-0.39, 0.29) is 40.9 Å². The van der Waals surface area contributed by atoms with Gasteiger partial charge in [0.05, 0.1) is 17.9 Å². The van der Waals surface area contributed by atoms with Gasteiger partial charge in [-0.05, 0) is 6.42 Å². The summed E-state index contributed by atoms with van der Waals surface area (Å²) in [7, 11) is 0. The largest absolute Gasteiger partial charge is 0.417 e. The zero-order valence-corrected chi connectivity index (χ0v) is 15.3. The molecule has 1 saturated carbocycles. The first-order valence-electron chi connectivity index (χ1n) is 8.64. The van der Waals surface area contributed by atoms with Crippen LogP contribution in [-0.4, -0.2) is 27.2 Å². The highest BCUT2D eigenvalue weighted by Crippen LogP contribution is 2.42. The van der Waals surface area contributed by atoms with Crippen LogP contribution in [-0.2, 0) is 12.7 Å². The summed E-state index contributed by atoms with van der Waals surface area (Å²) in [4.78, 5) is 10.9. The topological polar surface area (TPSA) is 108 Å². The molecule has 10 heteroatoms. The van der Waals surface area contributed by atoms with Crippen molar-refractivity contribution in [2.24, 2.45) is 5.41 Å². The van der Waals surface area contributed by atoms with Crippen molar-refractivity contribution in [1.29, 1.82) is 5.26 Å². The zero-order valence-electron chi connectivity index (χ0n) is 15.3. The lowest BCUT2D eigenvalue weighted by Gasteiger charge is -2.49. The maximum absolute atomic E-state index is 13.1. The molecular weight excluding hydrogens is 373 g/mol. The number of nitrogens with zero attached hydrogens (tertiary/aromatic N) is 3. The summed E-state index contributed by atoms with van der Waals surface area (Å²) >= 11 is 0. The van der Waals surface area contributed by atoms with Crippen LogP contribution in [0.1, 0.15) is 37.0 Å². The second kappa shape index (κ2) is 7.24. The first kappa shape index (κ1) is 19.8. The van der Waals surface area contributed by atoms with E-state index in [2.05, 4.69) is 25.6 Å². The maximum Gasteiger partial charge on any atom is 0.417 e. The molecular formula is C18H20F3N6O+. The lowest BCUT2D eigenvalue weighted by molar-refractivity contribution is -0.379. The van der Waals surface area contributed by atoms with Crippen molar-refractivity contribution in [3.05, 3.63) is 41.3 Å². The summed E-state index contributed by atoms with van der Waals surface area (Å²) in [6.07, 6.45) is -0.634. The van der Waals surface area contributed by atoms with Crippen molar-refractivity contribution in [2.75, 3.05) is 10.6 Å². The molecule has 7 nitrogen and oxygen atoms in total. The molecule has 0 spiro atoms. The molecule has 0 unspecified atom stereocenters. The molecule has 1 aliphatic carbocycles. The van der Waals surface area contributed by atoms with Crippen molar-refractivity contribution < 1.29 is 23.3 Å². The minimum absolute atomic E-state index is 0.0146. The highest BCUT2D eigenvalue weighted by Gasteiger charge is 2.47. The number of aromatic amines is 1. The number of aliphatic hydroxyl groups is 1. The van der Waals surface area contributed by atoms with Crippen molar-refractivity contribution in [3.8, 4) is 6.07 Å². The molecule has 0 aliphatic heterocycles. The molecule has 148 valence electrons. The van der Waals surface area contributed by atoms with E-state index in [0.29, 0.717) is 6.42 Å². The summed E-state index contributed by atoms with van der Waals surface area (Å²) < 4.78 is 39.3. The van der Waals surface area contributed by atoms with E-state index in [1.54, 1.807) is 0 Å². The summed E-state index contributed by atoms with van der Waals surface area (Å²) in [6.45, 7) is 3.65. The van der Waals surface area contributed by atoms with Crippen LogP contribution in [0, 0.1) is 16.7 Å². The third-order valence-corrected chi connectivity index (χ3v) is 5.13. The molecule has 4 N–H and O–H groups in total. The van der Waals surface area contributed by atoms with Gasteiger partial charge in [0.25, 0.3) is 0 Å². The molecule has 28 heavy (non-hydrogen) atoms. The van der Waals surface area contributed by atoms with E-state index in [4.69, 9.17) is 0 Å². The number of nitriles is 1. The fourth-order valence-corrected chi connectivity index (χ4v) is 3.03. The Kier molecular flexibility index (Phi) is 5.12. The molecule has 1 aliphatic rings. The van der Waals surface area contributed by atoms with Crippen LogP contribution in [0.25, 0.3) is 0 Å². The molecule has 0 bridgehead atoms. The number of hydrogen-bond donors (Lipinski definition) is 3. The Bertz CT molecular complexity index is 909. The molecule has 2 heterocycles. The Balaban J connectivity index is 1.77. The number of anilines is 2. The first-order chi connectivity index (χ1) is 13.1. The van der Waals surface area contributed by atoms with Gasteiger partial charge in [-0.2, -0.15) is 23.4 Å². The van der Waals surface area contributed by atoms with Gasteiger partial charge in [-0.1, -0.05) is 13.8 Å². The molecule has 1 fully saturated rings. The van der Waals surface area contributed by atoms with Gasteiger partial charge in [0.2, 0.25) is 5.95 Å². The van der Waals surface area contributed by atoms with Crippen LogP contribution >= 0.6 is 0 Å². The van der Waals surface area contributed by atoms with Gasteiger partial charge in [0.15, 0.2) is 12.4 Å². The third-order valence-electron chi connectivity index (χ3n) is 5.13. The number of hydrogen-bond acceptors (Lipinski definition) is 6. The number of rotatable bonds is 5. The summed E-state index contributed by atoms with van der Waals surface area (Å²) in [5, 5.41) is 25.0. The smallest absolute Gasteiger partial charge is 0.392 e. The van der Waals surface area contributed by atoms with Crippen LogP contribution in [0.15, 0.2) is 24.7 Å². The van der Waals surface area contributed by atoms with Crippen molar-refractivity contribution >= 4 is 11.8 Å². The zero-order chi connectivity index (χ0) is 20.5. The molecule has 2 atom stereocenters. The number of alkyl halides is 3. The highest BCUT2D eigenvalue weighted by atomic mass is 19.4. The minimum Gasteiger partial charge on any atom is -0.392 e. The second-order valence-electron chi connectivity index (χ2n) is 7.27. The van der Waals surface area contributed by atoms with Crippen LogP contribution in [0.3, 0.4) is 0 Å². The van der Waals surface area contributed by atoms with Crippen LogP contribution in [0.5, 0.6) is 0 Å². The molecule has 2 aromatic heterocycles. The van der Waals surface area contributed by atoms with Crippen LogP contribution < -0.4 is 15.6 Å². The van der Waals surface area contributed by atoms with Gasteiger partial charge in [0.1, 0.15) is 17.5 Å². The SMILES string of the molecule is CC1(C)[C@H](O)C[C@@H]1Nc1nc(NCc2c[nH+]ccc2C(F)(F)F)ncc1C#N. The summed E-state index contributed by atoms with van der Waals surface area (Å²) in [6, 6.07) is 2.87. The van der Waals surface area contributed by atoms with Crippen molar-refractivity contribution in [2.45, 2.75) is 45.1 Å². The number of nitrogens with one attached hydrogen (secondary N) is 3. The molecule has 0 amide bonds. The van der Waals surface area contributed by atoms with Crippen LogP contribution in [0.4, 0.5) is 24.9 Å². The van der Waals surface area contributed by atoms with Gasteiger partial charge in [0, 0.05) is 29.6 Å². The predicted octanol–water partition coefficient (Wildman–Crippen LogP) is 2.36. The predicted molar refractivity (Wildman–Crippen MR) is 93.9 cm³/mol. The van der Waals surface area contributed by atoms with Gasteiger partial charge in [-0.25, -0.2) is 9.97 Å². The van der Waals surface area contributed by atoms with E-state index in [1.807, 2.05) is 19.9 Å². The standard InChI is InChI=1S/C18H19F3N6O/c1-17(2)13(5-14(17)28)26-15-10(6-22)8-24-16(27-15)25-9-11-7-23-4-3-12(11)18(19,20)21/h3-4,7-8,13-14,28H,5,9H2,1-2H3,(H2,24,25,26,27)/p+1/t13-,14+/m0/s1. The average Bonchev–Trinajstić information content (AvgIpc) is 2.65. The minimum atomic E-state index is -4.47. The normalized spacial score (nSPS) is 20.8. The third kappa shape index (κ3) is 3.84. The number of aromatic nitrogens is 3. The Morgan fingerprint density at radius 3 is 2.79 bits per heavy atom. The molecule has 0 saturated heterocycles. The number of aliphatic hydroxyl groups excluding tert-OH is 1. The van der Waals surface area contributed by atoms with Gasteiger partial charge in [-0.3, -0.25) is 0 Å². The molecule has 0 aromatic carbocycles. The quantitative estimate of drug-likeness (QED) is 0.720. The number of pyridine rings is 1. The fourth-order valence-electron chi connectivity index (χ4n) is 3.03. The Morgan fingerprint density at radius 2 is 2.18 bits per heavy atom. The average molecular weight is 393 g/mol. The van der Waals surface area contributed by atoms with E-state index < -0.39 is 17.8 Å². The lowest BCUT2D eigenvalue weighted by atomic mass is 9.64. The Morgan fingerprint density at radius 1 is 1.43 bits per heavy atom. The Labute approximate surface area is 159 Å². The van der Waals surface area contributed by atoms with E-state index >= 15 is 0 Å². The maximum atomic E-state index is 13.1. The van der Waals surface area contributed by atoms with Crippen molar-refractivity contribution in [1.82, 2.24) is 9.97 Å². The first-order valence-corrected chi connectivity index (χ1v) is 8.64. The molecule has 2 aromatic rings. The second-order valence-corrected chi connectivity index (χ2v) is 7.27.